The van der Waals surface area contributed by atoms with E-state index in [0.29, 0.717) is 17.4 Å². The Labute approximate surface area is 435 Å². The lowest BCUT2D eigenvalue weighted by Crippen LogP contribution is -2.37. The Morgan fingerprint density at radius 2 is 0.643 bits per heavy atom. The topological polar surface area (TPSA) is 111 Å². The summed E-state index contributed by atoms with van der Waals surface area (Å²) in [5.41, 5.74) is 0. The van der Waals surface area contributed by atoms with E-state index in [4.69, 9.17) is 18.5 Å². The van der Waals surface area contributed by atoms with Gasteiger partial charge < -0.3 is 27.9 Å². The summed E-state index contributed by atoms with van der Waals surface area (Å²) in [4.78, 5) is 37.9. The first kappa shape index (κ1) is 69.0. The quantitative estimate of drug-likeness (QED) is 0.0256. The minimum atomic E-state index is -4.63. The van der Waals surface area contributed by atoms with Gasteiger partial charge in [-0.3, -0.25) is 14.2 Å². The van der Waals surface area contributed by atoms with Crippen LogP contribution in [0.3, 0.4) is 0 Å². The number of phosphoric ester groups is 1. The monoisotopic (exact) mass is 1010 g/mol. The van der Waals surface area contributed by atoms with Crippen molar-refractivity contribution >= 4 is 19.8 Å². The Balaban J connectivity index is 4.06. The number of hydrogen-bond acceptors (Lipinski definition) is 8. The molecule has 10 heteroatoms. The first-order valence-corrected chi connectivity index (χ1v) is 32.2. The number of rotatable bonds is 58. The maximum Gasteiger partial charge on any atom is 0.306 e. The zero-order chi connectivity index (χ0) is 51.3. The second-order valence-electron chi connectivity index (χ2n) is 22.4. The second kappa shape index (κ2) is 52.9. The molecule has 9 nitrogen and oxygen atoms in total. The molecule has 0 aromatic heterocycles. The number of hydrogen-bond donors (Lipinski definition) is 0. The fraction of sp³-hybridized carbons (Fsp3) is 0.967. The van der Waals surface area contributed by atoms with Gasteiger partial charge in [0.25, 0.3) is 7.82 Å². The number of likely N-dealkylation sites (N-methyl/N-ethyl adjacent to an activating group) is 1. The minimum Gasteiger partial charge on any atom is -0.756 e. The maximum atomic E-state index is 12.8. The largest absolute Gasteiger partial charge is 0.756 e. The number of carbonyl (C=O) groups excluding carboxylic acids is 2. The van der Waals surface area contributed by atoms with Crippen LogP contribution in [-0.2, 0) is 32.7 Å². The molecule has 0 heterocycles. The van der Waals surface area contributed by atoms with Crippen molar-refractivity contribution in [1.82, 2.24) is 0 Å². The number of phosphoric acid groups is 1. The van der Waals surface area contributed by atoms with E-state index in [9.17, 15) is 19.0 Å². The molecule has 0 saturated carbocycles. The predicted octanol–water partition coefficient (Wildman–Crippen LogP) is 18.4. The van der Waals surface area contributed by atoms with Gasteiger partial charge in [0.15, 0.2) is 6.10 Å². The van der Waals surface area contributed by atoms with Crippen LogP contribution in [0.1, 0.15) is 322 Å². The molecule has 0 aromatic rings. The van der Waals surface area contributed by atoms with Crippen molar-refractivity contribution in [3.8, 4) is 0 Å². The molecule has 0 N–H and O–H groups in total. The smallest absolute Gasteiger partial charge is 0.306 e. The van der Waals surface area contributed by atoms with Gasteiger partial charge in [-0.15, -0.1) is 0 Å². The highest BCUT2D eigenvalue weighted by molar-refractivity contribution is 7.45. The fourth-order valence-electron chi connectivity index (χ4n) is 9.37. The average molecular weight is 1010 g/mol. The summed E-state index contributed by atoms with van der Waals surface area (Å²) in [6.45, 7) is 4.32. The van der Waals surface area contributed by atoms with Crippen molar-refractivity contribution < 1.29 is 42.1 Å². The molecule has 0 aliphatic rings. The van der Waals surface area contributed by atoms with Crippen molar-refractivity contribution in [2.45, 2.75) is 328 Å². The molecule has 418 valence electrons. The highest BCUT2D eigenvalue weighted by Crippen LogP contribution is 2.38. The third-order valence-electron chi connectivity index (χ3n) is 14.1. The Kier molecular flexibility index (Phi) is 52.1. The van der Waals surface area contributed by atoms with Gasteiger partial charge in [-0.1, -0.05) is 296 Å². The van der Waals surface area contributed by atoms with Crippen LogP contribution >= 0.6 is 7.82 Å². The molecule has 0 amide bonds. The number of ether oxygens (including phenoxy) is 2. The summed E-state index contributed by atoms with van der Waals surface area (Å²) < 4.78 is 34.2. The lowest BCUT2D eigenvalue weighted by atomic mass is 10.0. The third kappa shape index (κ3) is 56.3. The summed E-state index contributed by atoms with van der Waals surface area (Å²) in [5, 5.41) is 0. The van der Waals surface area contributed by atoms with Crippen LogP contribution < -0.4 is 4.89 Å². The molecule has 0 spiro atoms. The second-order valence-corrected chi connectivity index (χ2v) is 23.9. The number of carbonyl (C=O) groups is 2. The van der Waals surface area contributed by atoms with Crippen LogP contribution in [-0.4, -0.2) is 70.0 Å². The Bertz CT molecular complexity index is 1150. The summed E-state index contributed by atoms with van der Waals surface area (Å²) in [6, 6.07) is 0. The highest BCUT2D eigenvalue weighted by atomic mass is 31.2. The standard InChI is InChI=1S/C60H120NO8P/c1-6-8-10-12-14-16-18-20-22-24-26-28-29-30-31-33-35-37-39-41-43-45-47-49-51-53-60(63)69-58(57-68-70(64,65)67-55-54-61(3,4)5)56-66-59(62)52-50-48-46-44-42-40-38-36-34-32-27-25-23-21-19-17-15-13-11-9-7-2/h58H,6-57H2,1-5H3. The first-order chi connectivity index (χ1) is 34.0. The van der Waals surface area contributed by atoms with E-state index in [1.165, 1.54) is 257 Å². The Morgan fingerprint density at radius 1 is 0.386 bits per heavy atom. The molecular weight excluding hydrogens is 894 g/mol. The molecule has 0 aromatic carbocycles. The molecule has 0 aliphatic heterocycles. The van der Waals surface area contributed by atoms with Gasteiger partial charge in [-0.05, 0) is 12.8 Å². The molecule has 0 rings (SSSR count). The van der Waals surface area contributed by atoms with Crippen LogP contribution in [0.25, 0.3) is 0 Å². The molecule has 0 aliphatic carbocycles. The normalized spacial score (nSPS) is 13.2. The zero-order valence-corrected chi connectivity index (χ0v) is 48.4. The van der Waals surface area contributed by atoms with Gasteiger partial charge in [0.05, 0.1) is 27.7 Å². The number of unbranched alkanes of at least 4 members (excludes halogenated alkanes) is 44. The SMILES string of the molecule is CCCCCCCCCCCCCCCCCCCCCCCCCCCC(=O)OC(COC(=O)CCCCCCCCCCCCCCCCCCCCCCC)COP(=O)([O-])OCC[N+](C)(C)C. The predicted molar refractivity (Wildman–Crippen MR) is 296 cm³/mol. The lowest BCUT2D eigenvalue weighted by Gasteiger charge is -2.28. The van der Waals surface area contributed by atoms with Crippen molar-refractivity contribution in [2.75, 3.05) is 47.5 Å². The number of quaternary nitrogens is 1. The van der Waals surface area contributed by atoms with Gasteiger partial charge in [0.2, 0.25) is 0 Å². The van der Waals surface area contributed by atoms with Crippen LogP contribution in [0, 0.1) is 0 Å². The van der Waals surface area contributed by atoms with E-state index in [1.807, 2.05) is 21.1 Å². The molecule has 0 bridgehead atoms. The number of esters is 2. The van der Waals surface area contributed by atoms with Gasteiger partial charge in [-0.2, -0.15) is 0 Å². The Morgan fingerprint density at radius 3 is 0.914 bits per heavy atom. The van der Waals surface area contributed by atoms with Gasteiger partial charge in [-0.25, -0.2) is 0 Å². The zero-order valence-electron chi connectivity index (χ0n) is 47.5. The van der Waals surface area contributed by atoms with Crippen LogP contribution in [0.4, 0.5) is 0 Å². The van der Waals surface area contributed by atoms with Gasteiger partial charge in [0, 0.05) is 12.8 Å². The molecule has 2 unspecified atom stereocenters. The van der Waals surface area contributed by atoms with E-state index in [0.717, 1.165) is 32.1 Å². The van der Waals surface area contributed by atoms with Crippen molar-refractivity contribution in [1.29, 1.82) is 0 Å². The summed E-state index contributed by atoms with van der Waals surface area (Å²) in [5.74, 6) is -0.807. The highest BCUT2D eigenvalue weighted by Gasteiger charge is 2.22. The van der Waals surface area contributed by atoms with E-state index in [1.54, 1.807) is 0 Å². The molecule has 0 saturated heterocycles. The fourth-order valence-corrected chi connectivity index (χ4v) is 10.1. The number of nitrogens with zero attached hydrogens (tertiary/aromatic N) is 1. The first-order valence-electron chi connectivity index (χ1n) is 30.7. The summed E-state index contributed by atoms with van der Waals surface area (Å²) in [7, 11) is 1.19. The molecule has 70 heavy (non-hydrogen) atoms. The summed E-state index contributed by atoms with van der Waals surface area (Å²) >= 11 is 0. The molecular formula is C60H120NO8P. The lowest BCUT2D eigenvalue weighted by molar-refractivity contribution is -0.870. The van der Waals surface area contributed by atoms with E-state index in [2.05, 4.69) is 13.8 Å². The summed E-state index contributed by atoms with van der Waals surface area (Å²) in [6.07, 6.45) is 60.1. The van der Waals surface area contributed by atoms with E-state index >= 15 is 0 Å². The Hall–Kier alpha value is -0.990. The van der Waals surface area contributed by atoms with Crippen molar-refractivity contribution in [3.05, 3.63) is 0 Å². The maximum absolute atomic E-state index is 12.8. The van der Waals surface area contributed by atoms with Crippen molar-refractivity contribution in [2.24, 2.45) is 0 Å². The third-order valence-corrected chi connectivity index (χ3v) is 15.1. The van der Waals surface area contributed by atoms with Crippen LogP contribution in [0.15, 0.2) is 0 Å². The minimum absolute atomic E-state index is 0.0250. The van der Waals surface area contributed by atoms with Crippen LogP contribution in [0.2, 0.25) is 0 Å². The van der Waals surface area contributed by atoms with Gasteiger partial charge in [0.1, 0.15) is 19.8 Å². The van der Waals surface area contributed by atoms with E-state index < -0.39 is 26.5 Å². The van der Waals surface area contributed by atoms with E-state index in [-0.39, 0.29) is 32.0 Å². The van der Waals surface area contributed by atoms with Crippen LogP contribution in [0.5, 0.6) is 0 Å². The van der Waals surface area contributed by atoms with Gasteiger partial charge >= 0.3 is 11.9 Å². The molecule has 0 fully saturated rings. The molecule has 0 radical (unpaired) electrons. The molecule has 2 atom stereocenters. The van der Waals surface area contributed by atoms with Crippen molar-refractivity contribution in [3.63, 3.8) is 0 Å². The average Bonchev–Trinajstić information content (AvgIpc) is 3.32.